The fourth-order valence-corrected chi connectivity index (χ4v) is 5.34. The fourth-order valence-electron chi connectivity index (χ4n) is 4.67. The summed E-state index contributed by atoms with van der Waals surface area (Å²) >= 11 is 12.6. The number of hydrogen-bond acceptors (Lipinski definition) is 7. The highest BCUT2D eigenvalue weighted by molar-refractivity contribution is 6.35. The first-order chi connectivity index (χ1) is 17.7. The maximum absolute atomic E-state index is 15.2. The van der Waals surface area contributed by atoms with Crippen LogP contribution in [0, 0.1) is 17.1 Å². The predicted octanol–water partition coefficient (Wildman–Crippen LogP) is 5.64. The largest absolute Gasteiger partial charge is 0.486 e. The summed E-state index contributed by atoms with van der Waals surface area (Å²) in [5.41, 5.74) is 2.22. The molecule has 37 heavy (non-hydrogen) atoms. The molecule has 0 amide bonds. The molecule has 1 N–H and O–H groups in total. The van der Waals surface area contributed by atoms with E-state index < -0.39 is 11.9 Å². The van der Waals surface area contributed by atoms with Crippen LogP contribution in [0.25, 0.3) is 22.2 Å². The number of aromatic nitrogens is 4. The molecule has 0 spiro atoms. The number of pyridine rings is 2. The zero-order valence-corrected chi connectivity index (χ0v) is 22.0. The molecule has 4 heterocycles. The number of anilines is 1. The number of ether oxygens (including phenoxy) is 1. The molecule has 0 unspecified atom stereocenters. The first-order valence-corrected chi connectivity index (χ1v) is 12.4. The highest BCUT2D eigenvalue weighted by Gasteiger charge is 2.46. The van der Waals surface area contributed by atoms with Gasteiger partial charge in [-0.15, -0.1) is 0 Å². The lowest BCUT2D eigenvalue weighted by atomic mass is 9.85. The Morgan fingerprint density at radius 2 is 1.95 bits per heavy atom. The summed E-state index contributed by atoms with van der Waals surface area (Å²) in [6, 6.07) is 9.16. The van der Waals surface area contributed by atoms with Crippen molar-refractivity contribution in [2.45, 2.75) is 25.0 Å². The molecule has 5 rings (SSSR count). The van der Waals surface area contributed by atoms with Crippen molar-refractivity contribution in [3.8, 4) is 23.1 Å². The highest BCUT2D eigenvalue weighted by atomic mass is 35.5. The Morgan fingerprint density at radius 3 is 2.59 bits per heavy atom. The van der Waals surface area contributed by atoms with Crippen molar-refractivity contribution in [1.29, 1.82) is 5.26 Å². The number of H-pyrrole nitrogens is 1. The second-order valence-electron chi connectivity index (χ2n) is 9.40. The van der Waals surface area contributed by atoms with E-state index in [1.165, 1.54) is 18.5 Å². The quantitative estimate of drug-likeness (QED) is 0.324. The molecule has 0 saturated carbocycles. The van der Waals surface area contributed by atoms with Gasteiger partial charge in [0.05, 0.1) is 33.6 Å². The van der Waals surface area contributed by atoms with Crippen molar-refractivity contribution in [3.63, 3.8) is 0 Å². The van der Waals surface area contributed by atoms with E-state index in [-0.39, 0.29) is 11.4 Å². The van der Waals surface area contributed by atoms with E-state index in [2.05, 4.69) is 26.2 Å². The number of hydrogen-bond donors (Lipinski definition) is 1. The van der Waals surface area contributed by atoms with Crippen LogP contribution in [0.4, 0.5) is 10.2 Å². The maximum Gasteiger partial charge on any atom is 0.166 e. The zero-order chi connectivity index (χ0) is 26.3. The van der Waals surface area contributed by atoms with Crippen molar-refractivity contribution in [2.75, 3.05) is 32.1 Å². The van der Waals surface area contributed by atoms with E-state index >= 15 is 4.39 Å². The number of nitriles is 1. The molecule has 3 aromatic heterocycles. The van der Waals surface area contributed by atoms with Crippen LogP contribution in [0.1, 0.15) is 25.0 Å². The van der Waals surface area contributed by atoms with Gasteiger partial charge >= 0.3 is 0 Å². The van der Waals surface area contributed by atoms with Crippen LogP contribution in [-0.4, -0.2) is 57.8 Å². The SMILES string of the molecule is C[C@@H](Oc1ccc2[nH]nc(-c3cnc(N4CC(CC#N)(N(C)C)C4)c(F)c3)c2c1)c1c(Cl)cncc1Cl. The molecule has 1 fully saturated rings. The molecular weight excluding hydrogens is 516 g/mol. The molecule has 8 nitrogen and oxygen atoms in total. The van der Waals surface area contributed by atoms with Crippen molar-refractivity contribution < 1.29 is 9.13 Å². The van der Waals surface area contributed by atoms with Gasteiger partial charge in [-0.3, -0.25) is 15.0 Å². The number of rotatable bonds is 7. The van der Waals surface area contributed by atoms with Crippen LogP contribution in [-0.2, 0) is 0 Å². The van der Waals surface area contributed by atoms with Crippen LogP contribution in [0.15, 0.2) is 42.9 Å². The van der Waals surface area contributed by atoms with Gasteiger partial charge in [-0.05, 0) is 45.3 Å². The standard InChI is InChI=1S/C26H24Cl2FN7O/c1-15(23-19(27)11-31-12-20(23)28)37-17-4-5-22-18(9-17)24(34-33-22)16-8-21(29)25(32-10-16)36-13-26(14-36,6-7-30)35(2)3/h4-5,8-12,15H,6,13-14H2,1-3H3,(H,33,34)/t15-/m1/s1. The van der Waals surface area contributed by atoms with Gasteiger partial charge < -0.3 is 9.64 Å². The van der Waals surface area contributed by atoms with Gasteiger partial charge in [0.25, 0.3) is 0 Å². The second kappa shape index (κ2) is 9.78. The summed E-state index contributed by atoms with van der Waals surface area (Å²) in [5.74, 6) is 0.402. The van der Waals surface area contributed by atoms with Gasteiger partial charge in [-0.2, -0.15) is 10.4 Å². The molecule has 1 aliphatic rings. The lowest BCUT2D eigenvalue weighted by Gasteiger charge is -2.53. The van der Waals surface area contributed by atoms with Crippen LogP contribution >= 0.6 is 23.2 Å². The molecule has 11 heteroatoms. The van der Waals surface area contributed by atoms with E-state index in [1.807, 2.05) is 49.0 Å². The first kappa shape index (κ1) is 25.2. The van der Waals surface area contributed by atoms with Gasteiger partial charge in [0.2, 0.25) is 0 Å². The minimum Gasteiger partial charge on any atom is -0.486 e. The van der Waals surface area contributed by atoms with Gasteiger partial charge in [0.1, 0.15) is 17.5 Å². The van der Waals surface area contributed by atoms with Gasteiger partial charge in [-0.25, -0.2) is 9.37 Å². The predicted molar refractivity (Wildman–Crippen MR) is 141 cm³/mol. The Hall–Kier alpha value is -3.45. The Bertz CT molecular complexity index is 1490. The van der Waals surface area contributed by atoms with E-state index in [4.69, 9.17) is 27.9 Å². The lowest BCUT2D eigenvalue weighted by Crippen LogP contribution is -2.69. The molecule has 190 valence electrons. The number of nitrogens with one attached hydrogen (secondary N) is 1. The average molecular weight is 540 g/mol. The third-order valence-corrected chi connectivity index (χ3v) is 7.47. The van der Waals surface area contributed by atoms with E-state index in [0.717, 1.165) is 10.9 Å². The van der Waals surface area contributed by atoms with Crippen molar-refractivity contribution >= 4 is 39.9 Å². The van der Waals surface area contributed by atoms with Crippen LogP contribution in [0.2, 0.25) is 10.0 Å². The number of fused-ring (bicyclic) bond motifs is 1. The summed E-state index contributed by atoms with van der Waals surface area (Å²) in [7, 11) is 3.87. The highest BCUT2D eigenvalue weighted by Crippen LogP contribution is 2.37. The van der Waals surface area contributed by atoms with Crippen LogP contribution in [0.3, 0.4) is 0 Å². The van der Waals surface area contributed by atoms with Gasteiger partial charge in [-0.1, -0.05) is 23.2 Å². The molecule has 1 aliphatic heterocycles. The lowest BCUT2D eigenvalue weighted by molar-refractivity contribution is 0.116. The topological polar surface area (TPSA) is 94.0 Å². The number of aromatic amines is 1. The van der Waals surface area contributed by atoms with Gasteiger partial charge in [0, 0.05) is 48.2 Å². The van der Waals surface area contributed by atoms with Crippen LogP contribution < -0.4 is 9.64 Å². The molecule has 0 bridgehead atoms. The smallest absolute Gasteiger partial charge is 0.166 e. The molecule has 1 atom stereocenters. The monoisotopic (exact) mass is 539 g/mol. The van der Waals surface area contributed by atoms with Gasteiger partial charge in [0.15, 0.2) is 11.6 Å². The summed E-state index contributed by atoms with van der Waals surface area (Å²) in [6.07, 6.45) is 4.60. The maximum atomic E-state index is 15.2. The minimum absolute atomic E-state index is 0.267. The summed E-state index contributed by atoms with van der Waals surface area (Å²) in [5, 5.41) is 18.2. The number of halogens is 3. The van der Waals surface area contributed by atoms with Crippen molar-refractivity contribution in [2.24, 2.45) is 0 Å². The molecule has 1 saturated heterocycles. The summed E-state index contributed by atoms with van der Waals surface area (Å²) in [4.78, 5) is 12.3. The molecule has 1 aromatic carbocycles. The Morgan fingerprint density at radius 1 is 1.22 bits per heavy atom. The van der Waals surface area contributed by atoms with Crippen molar-refractivity contribution in [3.05, 3.63) is 64.3 Å². The molecule has 0 aliphatic carbocycles. The average Bonchev–Trinajstić information content (AvgIpc) is 3.24. The molecule has 0 radical (unpaired) electrons. The van der Waals surface area contributed by atoms with Crippen LogP contribution in [0.5, 0.6) is 5.75 Å². The number of benzene rings is 1. The zero-order valence-electron chi connectivity index (χ0n) is 20.5. The minimum atomic E-state index is -0.444. The molecule has 4 aromatic rings. The number of nitrogens with zero attached hydrogens (tertiary/aromatic N) is 6. The Kier molecular flexibility index (Phi) is 6.67. The normalized spacial score (nSPS) is 15.5. The first-order valence-electron chi connectivity index (χ1n) is 11.6. The van der Waals surface area contributed by atoms with E-state index in [9.17, 15) is 5.26 Å². The summed E-state index contributed by atoms with van der Waals surface area (Å²) in [6.45, 7) is 2.92. The van der Waals surface area contributed by atoms with E-state index in [0.29, 0.717) is 52.1 Å². The molecular formula is C26H24Cl2FN7O. The second-order valence-corrected chi connectivity index (χ2v) is 10.2. The Labute approximate surface area is 223 Å². The van der Waals surface area contributed by atoms with Crippen molar-refractivity contribution in [1.82, 2.24) is 25.1 Å². The fraction of sp³-hybridized carbons (Fsp3) is 0.308. The summed E-state index contributed by atoms with van der Waals surface area (Å²) < 4.78 is 21.3. The van der Waals surface area contributed by atoms with E-state index in [1.54, 1.807) is 6.20 Å². The third-order valence-electron chi connectivity index (χ3n) is 6.87. The Balaban J connectivity index is 1.39. The number of likely N-dealkylation sites (N-methyl/N-ethyl adjacent to an activating group) is 1. The third kappa shape index (κ3) is 4.57.